The molecule has 0 amide bonds. The molecule has 0 spiro atoms. The molecule has 4 aliphatic carbocycles. The molecule has 4 saturated carbocycles. The lowest BCUT2D eigenvalue weighted by atomic mass is 9.37. The molecule has 21 atom stereocenters. The summed E-state index contributed by atoms with van der Waals surface area (Å²) in [4.78, 5) is 0. The molecule has 7 fully saturated rings. The highest BCUT2D eigenvalue weighted by atomic mass is 16.7. The molecule has 55 heavy (non-hydrogen) atoms. The number of aliphatic hydroxyl groups is 9. The quantitative estimate of drug-likeness (QED) is 0.164. The van der Waals surface area contributed by atoms with E-state index < -0.39 is 96.8 Å². The van der Waals surface area contributed by atoms with Gasteiger partial charge >= 0.3 is 0 Å². The SMILES string of the molecule is CC(C)(O)[C@@H]1CC[C@](C)([C@@H]2[C@H](O)C[C@]3(C)[C@H]4C[C@H](O[C@H]5O[C@@H](CO)[C@H](O)[C@@H](O)[C@@H]5O)[C@@H]5C(C)(C)[C@@H](O[C@@H]6OC[C@@H](O)[C@H](O)[C@@H]6O)CC[C@@]5(C)[C@@H]4CC[C@@]23C)O1. The van der Waals surface area contributed by atoms with E-state index in [1.165, 1.54) is 0 Å². The zero-order chi connectivity index (χ0) is 40.4. The van der Waals surface area contributed by atoms with Crippen LogP contribution in [0.25, 0.3) is 0 Å². The summed E-state index contributed by atoms with van der Waals surface area (Å²) in [6, 6.07) is 0. The minimum Gasteiger partial charge on any atom is -0.394 e. The predicted octanol–water partition coefficient (Wildman–Crippen LogP) is 0.970. The summed E-state index contributed by atoms with van der Waals surface area (Å²) in [6.07, 6.45) is -8.85. The normalized spacial score (nSPS) is 56.8. The first-order chi connectivity index (χ1) is 25.4. The van der Waals surface area contributed by atoms with Gasteiger partial charge in [-0.25, -0.2) is 0 Å². The zero-order valence-electron chi connectivity index (χ0n) is 34.0. The summed E-state index contributed by atoms with van der Waals surface area (Å²) in [5.41, 5.74) is -3.33. The second-order valence-electron chi connectivity index (χ2n) is 20.8. The molecule has 318 valence electrons. The highest BCUT2D eigenvalue weighted by molar-refractivity contribution is 5.22. The molecule has 0 radical (unpaired) electrons. The standard InChI is InChI=1S/C41H70O14/c1-36(2)25(54-34-30(48)27(45)22(44)18-51-34)10-12-38(5)19-9-13-39(6)32(41(8)14-11-26(55-41)37(3,4)50)21(43)16-40(39,7)20(19)15-23(33(36)38)52-35-31(49)29(47)28(46)24(17-42)53-35/h19-35,42-50H,9-18H2,1-8H3/t19-,20+,21-,22-,23+,24+,25+,26+,27+,28+,29-,30+,31+,32-,33-,34+,35+,38+,39+,40-,41-/m1/s1. The lowest BCUT2D eigenvalue weighted by molar-refractivity contribution is -0.347. The first kappa shape index (κ1) is 42.6. The molecule has 7 rings (SSSR count). The van der Waals surface area contributed by atoms with Gasteiger partial charge in [-0.15, -0.1) is 0 Å². The number of fused-ring (bicyclic) bond motifs is 5. The monoisotopic (exact) mass is 786 g/mol. The third-order valence-corrected chi connectivity index (χ3v) is 17.0. The Labute approximate surface area is 325 Å². The molecular weight excluding hydrogens is 716 g/mol. The van der Waals surface area contributed by atoms with Crippen molar-refractivity contribution in [3.05, 3.63) is 0 Å². The summed E-state index contributed by atoms with van der Waals surface area (Å²) >= 11 is 0. The molecular formula is C41H70O14. The van der Waals surface area contributed by atoms with Gasteiger partial charge < -0.3 is 69.6 Å². The van der Waals surface area contributed by atoms with Gasteiger partial charge in [-0.05, 0) is 112 Å². The Kier molecular flexibility index (Phi) is 11.1. The average Bonchev–Trinajstić information content (AvgIpc) is 3.60. The first-order valence-electron chi connectivity index (χ1n) is 20.8. The van der Waals surface area contributed by atoms with E-state index >= 15 is 0 Å². The molecule has 3 saturated heterocycles. The van der Waals surface area contributed by atoms with E-state index in [4.69, 9.17) is 23.7 Å². The van der Waals surface area contributed by atoms with Crippen molar-refractivity contribution < 1.29 is 69.6 Å². The van der Waals surface area contributed by atoms with E-state index in [0.717, 1.165) is 25.7 Å². The minimum atomic E-state index is -1.61. The van der Waals surface area contributed by atoms with Crippen molar-refractivity contribution in [1.29, 1.82) is 0 Å². The number of ether oxygens (including phenoxy) is 5. The third-order valence-electron chi connectivity index (χ3n) is 17.0. The van der Waals surface area contributed by atoms with Crippen molar-refractivity contribution in [2.75, 3.05) is 13.2 Å². The fourth-order valence-corrected chi connectivity index (χ4v) is 14.1. The van der Waals surface area contributed by atoms with Crippen LogP contribution >= 0.6 is 0 Å². The maximum atomic E-state index is 12.2. The predicted molar refractivity (Wildman–Crippen MR) is 196 cm³/mol. The van der Waals surface area contributed by atoms with Gasteiger partial charge in [-0.3, -0.25) is 0 Å². The molecule has 0 bridgehead atoms. The van der Waals surface area contributed by atoms with Crippen LogP contribution in [0.3, 0.4) is 0 Å². The van der Waals surface area contributed by atoms with Crippen LogP contribution in [0.2, 0.25) is 0 Å². The number of aliphatic hydroxyl groups excluding tert-OH is 8. The molecule has 0 aromatic heterocycles. The van der Waals surface area contributed by atoms with E-state index in [2.05, 4.69) is 41.5 Å². The Morgan fingerprint density at radius 2 is 1.36 bits per heavy atom. The van der Waals surface area contributed by atoms with E-state index in [1.54, 1.807) is 13.8 Å². The van der Waals surface area contributed by atoms with Gasteiger partial charge in [0.05, 0.1) is 48.8 Å². The molecule has 9 N–H and O–H groups in total. The Morgan fingerprint density at radius 1 is 0.691 bits per heavy atom. The topological polar surface area (TPSA) is 228 Å². The van der Waals surface area contributed by atoms with Gasteiger partial charge in [0.15, 0.2) is 12.6 Å². The second kappa shape index (κ2) is 14.3. The van der Waals surface area contributed by atoms with E-state index in [0.29, 0.717) is 25.7 Å². The van der Waals surface area contributed by atoms with Gasteiger partial charge in [0.25, 0.3) is 0 Å². The van der Waals surface area contributed by atoms with Gasteiger partial charge in [0, 0.05) is 5.92 Å². The molecule has 0 aromatic carbocycles. The van der Waals surface area contributed by atoms with Crippen LogP contribution in [0.4, 0.5) is 0 Å². The van der Waals surface area contributed by atoms with Crippen molar-refractivity contribution in [1.82, 2.24) is 0 Å². The van der Waals surface area contributed by atoms with E-state index in [-0.39, 0.29) is 52.6 Å². The van der Waals surface area contributed by atoms with Crippen molar-refractivity contribution >= 4 is 0 Å². The summed E-state index contributed by atoms with van der Waals surface area (Å²) < 4.78 is 31.8. The minimum absolute atomic E-state index is 0.0607. The van der Waals surface area contributed by atoms with Gasteiger partial charge in [-0.2, -0.15) is 0 Å². The van der Waals surface area contributed by atoms with Crippen LogP contribution in [-0.4, -0.2) is 150 Å². The van der Waals surface area contributed by atoms with Crippen LogP contribution in [0, 0.1) is 45.3 Å². The number of hydrogen-bond acceptors (Lipinski definition) is 14. The summed E-state index contributed by atoms with van der Waals surface area (Å²) in [5, 5.41) is 97.1. The van der Waals surface area contributed by atoms with Crippen molar-refractivity contribution in [3.8, 4) is 0 Å². The van der Waals surface area contributed by atoms with Crippen molar-refractivity contribution in [2.24, 2.45) is 45.3 Å². The van der Waals surface area contributed by atoms with Crippen LogP contribution in [0.5, 0.6) is 0 Å². The van der Waals surface area contributed by atoms with Crippen LogP contribution in [-0.2, 0) is 23.7 Å². The van der Waals surface area contributed by atoms with Gasteiger partial charge in [0.1, 0.15) is 42.7 Å². The molecule has 14 nitrogen and oxygen atoms in total. The lowest BCUT2D eigenvalue weighted by Gasteiger charge is -2.69. The Hall–Kier alpha value is -0.560. The number of hydrogen-bond donors (Lipinski definition) is 9. The zero-order valence-corrected chi connectivity index (χ0v) is 34.0. The second-order valence-corrected chi connectivity index (χ2v) is 20.8. The van der Waals surface area contributed by atoms with Crippen LogP contribution in [0.1, 0.15) is 107 Å². The maximum Gasteiger partial charge on any atom is 0.186 e. The average molecular weight is 787 g/mol. The number of rotatable bonds is 7. The molecule has 0 unspecified atom stereocenters. The smallest absolute Gasteiger partial charge is 0.186 e. The van der Waals surface area contributed by atoms with E-state index in [9.17, 15) is 46.0 Å². The van der Waals surface area contributed by atoms with Crippen molar-refractivity contribution in [2.45, 2.75) is 198 Å². The summed E-state index contributed by atoms with van der Waals surface area (Å²) in [6.45, 7) is 16.0. The van der Waals surface area contributed by atoms with Gasteiger partial charge in [0.2, 0.25) is 0 Å². The third kappa shape index (κ3) is 6.50. The Morgan fingerprint density at radius 3 is 2.00 bits per heavy atom. The lowest BCUT2D eigenvalue weighted by Crippen LogP contribution is -2.68. The highest BCUT2D eigenvalue weighted by Gasteiger charge is 2.74. The van der Waals surface area contributed by atoms with Gasteiger partial charge in [-0.1, -0.05) is 34.6 Å². The largest absolute Gasteiger partial charge is 0.394 e. The molecule has 3 aliphatic heterocycles. The van der Waals surface area contributed by atoms with Crippen LogP contribution < -0.4 is 0 Å². The Bertz CT molecular complexity index is 1390. The molecule has 7 aliphatic rings. The summed E-state index contributed by atoms with van der Waals surface area (Å²) in [7, 11) is 0. The molecule has 14 heteroatoms. The molecule has 0 aromatic rings. The van der Waals surface area contributed by atoms with E-state index in [1.807, 2.05) is 0 Å². The summed E-state index contributed by atoms with van der Waals surface area (Å²) in [5.74, 6) is -0.122. The Balaban J connectivity index is 1.24. The maximum absolute atomic E-state index is 12.2. The van der Waals surface area contributed by atoms with Crippen molar-refractivity contribution in [3.63, 3.8) is 0 Å². The fraction of sp³-hybridized carbons (Fsp3) is 1.00. The van der Waals surface area contributed by atoms with Crippen LogP contribution in [0.15, 0.2) is 0 Å². The highest BCUT2D eigenvalue weighted by Crippen LogP contribution is 2.76. The fourth-order valence-electron chi connectivity index (χ4n) is 14.1. The molecule has 3 heterocycles. The first-order valence-corrected chi connectivity index (χ1v) is 20.8.